The van der Waals surface area contributed by atoms with E-state index in [9.17, 15) is 4.79 Å². The molecule has 8 heteroatoms. The van der Waals surface area contributed by atoms with Crippen LogP contribution in [0.4, 0.5) is 4.79 Å². The maximum atomic E-state index is 12.4. The predicted octanol–water partition coefficient (Wildman–Crippen LogP) is 2.42. The summed E-state index contributed by atoms with van der Waals surface area (Å²) in [4.78, 5) is 26.4. The molecule has 0 spiro atoms. The number of carbonyl (C=O) groups excluding carboxylic acids is 1. The van der Waals surface area contributed by atoms with Gasteiger partial charge in [-0.3, -0.25) is 0 Å². The topological polar surface area (TPSA) is 99.9 Å². The number of likely N-dealkylation sites (tertiary alicyclic amines) is 1. The van der Waals surface area contributed by atoms with Gasteiger partial charge in [0.15, 0.2) is 5.82 Å². The summed E-state index contributed by atoms with van der Waals surface area (Å²) in [5, 5.41) is 6.66. The van der Waals surface area contributed by atoms with Crippen molar-refractivity contribution in [3.8, 4) is 0 Å². The summed E-state index contributed by atoms with van der Waals surface area (Å²) in [5.41, 5.74) is 2.05. The van der Waals surface area contributed by atoms with E-state index >= 15 is 0 Å². The number of fused-ring (bicyclic) bond motifs is 1. The number of amides is 2. The number of nitrogens with one attached hydrogen (secondary N) is 2. The molecule has 1 aliphatic rings. The molecule has 2 aromatic heterocycles. The molecule has 2 amide bonds. The van der Waals surface area contributed by atoms with E-state index in [1.54, 1.807) is 6.92 Å². The van der Waals surface area contributed by atoms with Crippen LogP contribution in [0, 0.1) is 12.8 Å². The second kappa shape index (κ2) is 7.15. The van der Waals surface area contributed by atoms with Crippen LogP contribution in [0.1, 0.15) is 30.4 Å². The lowest BCUT2D eigenvalue weighted by Gasteiger charge is -2.32. The van der Waals surface area contributed by atoms with Crippen molar-refractivity contribution < 1.29 is 9.32 Å². The molecule has 4 rings (SSSR count). The number of hydrogen-bond acceptors (Lipinski definition) is 5. The van der Waals surface area contributed by atoms with E-state index in [2.05, 4.69) is 25.4 Å². The molecule has 1 saturated heterocycles. The second-order valence-electron chi connectivity index (χ2n) is 6.75. The van der Waals surface area contributed by atoms with Crippen LogP contribution in [-0.4, -0.2) is 44.1 Å². The van der Waals surface area contributed by atoms with Gasteiger partial charge >= 0.3 is 6.03 Å². The highest BCUT2D eigenvalue weighted by molar-refractivity contribution is 5.75. The average molecular weight is 354 g/mol. The van der Waals surface area contributed by atoms with Crippen molar-refractivity contribution >= 4 is 17.1 Å². The van der Waals surface area contributed by atoms with Crippen LogP contribution in [0.3, 0.4) is 0 Å². The number of nitrogens with zero attached hydrogens (tertiary/aromatic N) is 4. The first-order chi connectivity index (χ1) is 12.7. The SMILES string of the molecule is Cc1nc(CNC(=O)N2CCCC(Cc3nc4ccccc4[nH]3)C2)no1. The van der Waals surface area contributed by atoms with Gasteiger partial charge in [-0.1, -0.05) is 17.3 Å². The Balaban J connectivity index is 1.33. The van der Waals surface area contributed by atoms with E-state index in [4.69, 9.17) is 4.52 Å². The van der Waals surface area contributed by atoms with Crippen LogP contribution in [-0.2, 0) is 13.0 Å². The summed E-state index contributed by atoms with van der Waals surface area (Å²) in [7, 11) is 0. The minimum Gasteiger partial charge on any atom is -0.342 e. The van der Waals surface area contributed by atoms with Crippen molar-refractivity contribution in [1.29, 1.82) is 0 Å². The lowest BCUT2D eigenvalue weighted by atomic mass is 9.95. The van der Waals surface area contributed by atoms with Gasteiger partial charge in [0.25, 0.3) is 0 Å². The van der Waals surface area contributed by atoms with Gasteiger partial charge in [0.1, 0.15) is 5.82 Å². The third-order valence-electron chi connectivity index (χ3n) is 4.69. The Hall–Kier alpha value is -2.90. The minimum atomic E-state index is -0.0817. The number of hydrogen-bond donors (Lipinski definition) is 2. The summed E-state index contributed by atoms with van der Waals surface area (Å²) >= 11 is 0. The molecular weight excluding hydrogens is 332 g/mol. The molecule has 1 aromatic carbocycles. The van der Waals surface area contributed by atoms with E-state index in [1.807, 2.05) is 29.2 Å². The number of piperidine rings is 1. The Kier molecular flexibility index (Phi) is 4.55. The molecular formula is C18H22N6O2. The summed E-state index contributed by atoms with van der Waals surface area (Å²) in [5.74, 6) is 2.38. The number of aromatic amines is 1. The predicted molar refractivity (Wildman–Crippen MR) is 95.4 cm³/mol. The van der Waals surface area contributed by atoms with Gasteiger partial charge in [-0.25, -0.2) is 9.78 Å². The van der Waals surface area contributed by atoms with Crippen LogP contribution < -0.4 is 5.32 Å². The third-order valence-corrected chi connectivity index (χ3v) is 4.69. The third kappa shape index (κ3) is 3.68. The number of rotatable bonds is 4. The average Bonchev–Trinajstić information content (AvgIpc) is 3.25. The zero-order valence-corrected chi connectivity index (χ0v) is 14.7. The van der Waals surface area contributed by atoms with Gasteiger partial charge in [0, 0.05) is 26.4 Å². The number of H-pyrrole nitrogens is 1. The molecule has 8 nitrogen and oxygen atoms in total. The van der Waals surface area contributed by atoms with Crippen LogP contribution in [0.5, 0.6) is 0 Å². The lowest BCUT2D eigenvalue weighted by molar-refractivity contribution is 0.164. The first-order valence-corrected chi connectivity index (χ1v) is 8.93. The Labute approximate surface area is 151 Å². The fourth-order valence-electron chi connectivity index (χ4n) is 3.47. The molecule has 1 aliphatic heterocycles. The van der Waals surface area contributed by atoms with Crippen molar-refractivity contribution in [3.05, 3.63) is 41.8 Å². The maximum Gasteiger partial charge on any atom is 0.317 e. The smallest absolute Gasteiger partial charge is 0.317 e. The van der Waals surface area contributed by atoms with Crippen molar-refractivity contribution in [2.24, 2.45) is 5.92 Å². The molecule has 3 aromatic rings. The fourth-order valence-corrected chi connectivity index (χ4v) is 3.47. The standard InChI is InChI=1S/C18H22N6O2/c1-12-20-17(23-26-12)10-19-18(25)24-8-4-5-13(11-24)9-16-21-14-6-2-3-7-15(14)22-16/h2-3,6-7,13H,4-5,8-11H2,1H3,(H,19,25)(H,21,22). The first kappa shape index (κ1) is 16.6. The quantitative estimate of drug-likeness (QED) is 0.749. The van der Waals surface area contributed by atoms with Gasteiger partial charge in [-0.2, -0.15) is 4.98 Å². The largest absolute Gasteiger partial charge is 0.342 e. The number of urea groups is 1. The molecule has 1 atom stereocenters. The van der Waals surface area contributed by atoms with Crippen molar-refractivity contribution in [2.75, 3.05) is 13.1 Å². The molecule has 3 heterocycles. The molecule has 1 unspecified atom stereocenters. The van der Waals surface area contributed by atoms with Crippen molar-refractivity contribution in [1.82, 2.24) is 30.3 Å². The molecule has 1 fully saturated rings. The number of benzene rings is 1. The van der Waals surface area contributed by atoms with Crippen LogP contribution >= 0.6 is 0 Å². The fraction of sp³-hybridized carbons (Fsp3) is 0.444. The van der Waals surface area contributed by atoms with Crippen molar-refractivity contribution in [3.63, 3.8) is 0 Å². The first-order valence-electron chi connectivity index (χ1n) is 8.93. The van der Waals surface area contributed by atoms with Crippen LogP contribution in [0.25, 0.3) is 11.0 Å². The van der Waals surface area contributed by atoms with Crippen LogP contribution in [0.15, 0.2) is 28.8 Å². The highest BCUT2D eigenvalue weighted by Gasteiger charge is 2.24. The Bertz CT molecular complexity index is 869. The van der Waals surface area contributed by atoms with E-state index in [0.29, 0.717) is 17.6 Å². The Morgan fingerprint density at radius 3 is 3.08 bits per heavy atom. The summed E-state index contributed by atoms with van der Waals surface area (Å²) < 4.78 is 4.91. The van der Waals surface area contributed by atoms with Gasteiger partial charge in [-0.05, 0) is 30.9 Å². The molecule has 26 heavy (non-hydrogen) atoms. The molecule has 0 aliphatic carbocycles. The number of para-hydroxylation sites is 2. The van der Waals surface area contributed by atoms with E-state index in [1.165, 1.54) is 0 Å². The number of aromatic nitrogens is 4. The highest BCUT2D eigenvalue weighted by atomic mass is 16.5. The monoisotopic (exact) mass is 354 g/mol. The number of carbonyl (C=O) groups is 1. The molecule has 2 N–H and O–H groups in total. The Morgan fingerprint density at radius 1 is 1.38 bits per heavy atom. The van der Waals surface area contributed by atoms with E-state index in [-0.39, 0.29) is 12.6 Å². The molecule has 0 bridgehead atoms. The summed E-state index contributed by atoms with van der Waals surface area (Å²) in [6.45, 7) is 3.51. The molecule has 0 radical (unpaired) electrons. The lowest BCUT2D eigenvalue weighted by Crippen LogP contribution is -2.45. The van der Waals surface area contributed by atoms with Gasteiger partial charge < -0.3 is 19.7 Å². The molecule has 136 valence electrons. The summed E-state index contributed by atoms with van der Waals surface area (Å²) in [6, 6.07) is 7.95. The zero-order chi connectivity index (χ0) is 17.9. The highest BCUT2D eigenvalue weighted by Crippen LogP contribution is 2.21. The normalized spacial score (nSPS) is 17.6. The van der Waals surface area contributed by atoms with E-state index in [0.717, 1.165) is 49.2 Å². The number of imidazole rings is 1. The number of aryl methyl sites for hydroxylation is 1. The van der Waals surface area contributed by atoms with Crippen molar-refractivity contribution in [2.45, 2.75) is 32.7 Å². The van der Waals surface area contributed by atoms with Gasteiger partial charge in [0.05, 0.1) is 17.6 Å². The molecule has 0 saturated carbocycles. The minimum absolute atomic E-state index is 0.0817. The second-order valence-corrected chi connectivity index (χ2v) is 6.75. The maximum absolute atomic E-state index is 12.4. The van der Waals surface area contributed by atoms with Gasteiger partial charge in [0.2, 0.25) is 5.89 Å². The van der Waals surface area contributed by atoms with Gasteiger partial charge in [-0.15, -0.1) is 0 Å². The van der Waals surface area contributed by atoms with E-state index < -0.39 is 0 Å². The van der Waals surface area contributed by atoms with Crippen LogP contribution in [0.2, 0.25) is 0 Å². The Morgan fingerprint density at radius 2 is 2.27 bits per heavy atom. The summed E-state index contributed by atoms with van der Waals surface area (Å²) in [6.07, 6.45) is 2.95. The zero-order valence-electron chi connectivity index (χ0n) is 14.7.